The lowest BCUT2D eigenvalue weighted by molar-refractivity contribution is -0.141. The highest BCUT2D eigenvalue weighted by atomic mass is 32.1. The second kappa shape index (κ2) is 11.4. The third kappa shape index (κ3) is 7.62. The Labute approximate surface area is 195 Å². The lowest BCUT2D eigenvalue weighted by Crippen LogP contribution is -2.42. The third-order valence-electron chi connectivity index (χ3n) is 5.48. The van der Waals surface area contributed by atoms with Gasteiger partial charge < -0.3 is 23.9 Å². The van der Waals surface area contributed by atoms with E-state index in [-0.39, 0.29) is 24.5 Å². The summed E-state index contributed by atoms with van der Waals surface area (Å²) in [5, 5.41) is 2.82. The molecule has 178 valence electrons. The number of thiol groups is 1. The first kappa shape index (κ1) is 25.8. The molecule has 1 aliphatic rings. The minimum atomic E-state index is -0.622. The first-order valence-electron chi connectivity index (χ1n) is 10.8. The van der Waals surface area contributed by atoms with Gasteiger partial charge in [0.2, 0.25) is 0 Å². The average Bonchev–Trinajstić information content (AvgIpc) is 3.10. The van der Waals surface area contributed by atoms with Crippen molar-refractivity contribution < 1.29 is 28.0 Å². The molecule has 1 amide bonds. The fourth-order valence-electron chi connectivity index (χ4n) is 4.02. The summed E-state index contributed by atoms with van der Waals surface area (Å²) in [6.45, 7) is 7.55. The summed E-state index contributed by atoms with van der Waals surface area (Å²) in [7, 11) is 1.33. The number of esters is 1. The number of hydrogen-bond donors (Lipinski definition) is 2. The monoisotopic (exact) mass is 466 g/mol. The number of amides is 1. The number of carbonyl (C=O) groups excluding carboxylic acids is 3. The van der Waals surface area contributed by atoms with Crippen LogP contribution in [0.5, 0.6) is 0 Å². The predicted molar refractivity (Wildman–Crippen MR) is 125 cm³/mol. The topological polar surface area (TPSA) is 94.2 Å². The van der Waals surface area contributed by atoms with Gasteiger partial charge in [0.25, 0.3) is 0 Å². The molecule has 1 heterocycles. The number of nitrogens with one attached hydrogen (secondary N) is 1. The van der Waals surface area contributed by atoms with E-state index in [1.807, 2.05) is 12.1 Å². The summed E-state index contributed by atoms with van der Waals surface area (Å²) >= 11 is 3.56. The Balaban J connectivity index is 2.06. The van der Waals surface area contributed by atoms with E-state index >= 15 is 0 Å². The molecule has 3 atom stereocenters. The zero-order valence-electron chi connectivity index (χ0n) is 19.4. The molecule has 2 rings (SSSR count). The smallest absolute Gasteiger partial charge is 0.407 e. The predicted octanol–water partition coefficient (Wildman–Crippen LogP) is 4.28. The molecular weight excluding hydrogens is 432 g/mol. The second-order valence-corrected chi connectivity index (χ2v) is 9.30. The van der Waals surface area contributed by atoms with Gasteiger partial charge in [0.1, 0.15) is 5.60 Å². The van der Waals surface area contributed by atoms with Crippen molar-refractivity contribution in [1.82, 2.24) is 5.32 Å². The molecule has 1 N–H and O–H groups in total. The highest BCUT2D eigenvalue weighted by Crippen LogP contribution is 2.33. The molecule has 8 nitrogen and oxygen atoms in total. The van der Waals surface area contributed by atoms with Crippen molar-refractivity contribution in [3.63, 3.8) is 0 Å². The first-order valence-corrected chi connectivity index (χ1v) is 11.2. The van der Waals surface area contributed by atoms with Crippen LogP contribution in [0.2, 0.25) is 0 Å². The van der Waals surface area contributed by atoms with Crippen LogP contribution in [0.25, 0.3) is 0 Å². The Morgan fingerprint density at radius 2 is 1.84 bits per heavy atom. The van der Waals surface area contributed by atoms with Gasteiger partial charge in [-0.25, -0.2) is 9.59 Å². The maximum absolute atomic E-state index is 12.2. The summed E-state index contributed by atoms with van der Waals surface area (Å²) in [5.41, 5.74) is 0.829. The fraction of sp³-hybridized carbons (Fsp3) is 0.609. The van der Waals surface area contributed by atoms with Gasteiger partial charge in [-0.1, -0.05) is 0 Å². The Hall–Kier alpha value is -2.42. The summed E-state index contributed by atoms with van der Waals surface area (Å²) in [5.74, 6) is -0.876. The van der Waals surface area contributed by atoms with E-state index in [9.17, 15) is 14.4 Å². The van der Waals surface area contributed by atoms with Gasteiger partial charge in [-0.15, -0.1) is 0 Å². The zero-order chi connectivity index (χ0) is 23.9. The molecule has 0 bridgehead atoms. The summed E-state index contributed by atoms with van der Waals surface area (Å²) < 4.78 is 14.6. The van der Waals surface area contributed by atoms with E-state index < -0.39 is 17.7 Å². The van der Waals surface area contributed by atoms with Crippen molar-refractivity contribution >= 4 is 36.6 Å². The lowest BCUT2D eigenvalue weighted by atomic mass is 10.0. The van der Waals surface area contributed by atoms with Gasteiger partial charge in [0.05, 0.1) is 19.1 Å². The molecule has 2 unspecified atom stereocenters. The number of rotatable bonds is 8. The van der Waals surface area contributed by atoms with Gasteiger partial charge >= 0.3 is 18.0 Å². The normalized spacial score (nSPS) is 19.2. The average molecular weight is 467 g/mol. The molecule has 1 aromatic rings. The number of benzene rings is 1. The molecule has 1 aromatic carbocycles. The fourth-order valence-corrected chi connectivity index (χ4v) is 4.13. The van der Waals surface area contributed by atoms with Crippen LogP contribution in [-0.2, 0) is 18.5 Å². The van der Waals surface area contributed by atoms with Gasteiger partial charge in [-0.05, 0) is 77.6 Å². The molecule has 32 heavy (non-hydrogen) atoms. The largest absolute Gasteiger partial charge is 0.469 e. The molecule has 0 saturated carbocycles. The van der Waals surface area contributed by atoms with Crippen molar-refractivity contribution in [3.05, 3.63) is 29.8 Å². The Morgan fingerprint density at radius 3 is 2.41 bits per heavy atom. The van der Waals surface area contributed by atoms with Crippen LogP contribution in [0.3, 0.4) is 0 Å². The molecule has 1 aliphatic heterocycles. The highest BCUT2D eigenvalue weighted by molar-refractivity contribution is 7.75. The van der Waals surface area contributed by atoms with Crippen LogP contribution in [0.15, 0.2) is 24.3 Å². The van der Waals surface area contributed by atoms with Crippen molar-refractivity contribution in [1.29, 1.82) is 0 Å². The van der Waals surface area contributed by atoms with Crippen molar-refractivity contribution in [3.8, 4) is 0 Å². The lowest BCUT2D eigenvalue weighted by Gasteiger charge is -2.32. The van der Waals surface area contributed by atoms with E-state index in [0.717, 1.165) is 24.9 Å². The second-order valence-electron chi connectivity index (χ2n) is 9.11. The molecule has 9 heteroatoms. The minimum absolute atomic E-state index is 0.0819. The number of carbonyl (C=O) groups is 3. The number of ether oxygens (including phenoxy) is 2. The first-order chi connectivity index (χ1) is 15.0. The van der Waals surface area contributed by atoms with Crippen molar-refractivity contribution in [2.45, 2.75) is 83.5 Å². The minimum Gasteiger partial charge on any atom is -0.469 e. The molecule has 0 aromatic heterocycles. The summed E-state index contributed by atoms with van der Waals surface area (Å²) in [4.78, 5) is 38.1. The SMILES string of the molecule is COC(=O)C[C@H](CCC1CCC(C)N1c1ccc(C(=O)OS)cc1)NC(=O)OC(C)(C)C. The van der Waals surface area contributed by atoms with Crippen LogP contribution < -0.4 is 10.2 Å². The maximum Gasteiger partial charge on any atom is 0.407 e. The van der Waals surface area contributed by atoms with E-state index in [4.69, 9.17) is 9.47 Å². The Morgan fingerprint density at radius 1 is 1.19 bits per heavy atom. The van der Waals surface area contributed by atoms with Crippen LogP contribution in [-0.4, -0.2) is 48.9 Å². The maximum atomic E-state index is 12.2. The van der Waals surface area contributed by atoms with E-state index in [0.29, 0.717) is 18.0 Å². The number of anilines is 1. The Bertz CT molecular complexity index is 793. The van der Waals surface area contributed by atoms with Crippen LogP contribution >= 0.6 is 12.9 Å². The molecule has 1 fully saturated rings. The van der Waals surface area contributed by atoms with Gasteiger partial charge in [-0.3, -0.25) is 4.79 Å². The van der Waals surface area contributed by atoms with Crippen molar-refractivity contribution in [2.24, 2.45) is 0 Å². The highest BCUT2D eigenvalue weighted by Gasteiger charge is 2.32. The third-order valence-corrected chi connectivity index (χ3v) is 5.65. The molecule has 0 radical (unpaired) electrons. The number of hydrogen-bond acceptors (Lipinski definition) is 8. The van der Waals surface area contributed by atoms with Crippen molar-refractivity contribution in [2.75, 3.05) is 12.0 Å². The summed E-state index contributed by atoms with van der Waals surface area (Å²) in [6.07, 6.45) is 2.95. The molecule has 0 spiro atoms. The number of nitrogens with zero attached hydrogens (tertiary/aromatic N) is 1. The summed E-state index contributed by atoms with van der Waals surface area (Å²) in [6, 6.07) is 7.44. The van der Waals surface area contributed by atoms with Gasteiger partial charge in [-0.2, -0.15) is 0 Å². The number of methoxy groups -OCH3 is 1. The molecule has 1 saturated heterocycles. The van der Waals surface area contributed by atoms with Gasteiger partial charge in [0, 0.05) is 36.7 Å². The van der Waals surface area contributed by atoms with Crippen LogP contribution in [0, 0.1) is 0 Å². The van der Waals surface area contributed by atoms with E-state index in [1.54, 1.807) is 32.9 Å². The standard InChI is InChI=1S/C23H34N2O6S/c1-15-6-10-18(25(15)19-11-7-16(8-12-19)21(27)31-32)13-9-17(14-20(26)29-5)24-22(28)30-23(2,3)4/h7-8,11-12,15,17-18,32H,6,9-10,13-14H2,1-5H3,(H,24,28)/t15?,17-,18?/m0/s1. The van der Waals surface area contributed by atoms with Crippen LogP contribution in [0.1, 0.15) is 70.2 Å². The quantitative estimate of drug-likeness (QED) is 0.256. The number of alkyl carbamates (subject to hydrolysis) is 1. The Kier molecular flexibility index (Phi) is 9.24. The molecular formula is C23H34N2O6S. The zero-order valence-corrected chi connectivity index (χ0v) is 20.3. The van der Waals surface area contributed by atoms with E-state index in [2.05, 4.69) is 34.2 Å². The molecule has 0 aliphatic carbocycles. The van der Waals surface area contributed by atoms with Crippen LogP contribution in [0.4, 0.5) is 10.5 Å². The van der Waals surface area contributed by atoms with Gasteiger partial charge in [0.15, 0.2) is 0 Å². The van der Waals surface area contributed by atoms with E-state index in [1.165, 1.54) is 7.11 Å².